The monoisotopic (exact) mass is 542 g/mol. The van der Waals surface area contributed by atoms with Crippen LogP contribution in [0, 0.1) is 6.92 Å². The Morgan fingerprint density at radius 1 is 0.975 bits per heavy atom. The van der Waals surface area contributed by atoms with Crippen molar-refractivity contribution in [3.05, 3.63) is 100 Å². The smallest absolute Gasteiger partial charge is 0.335 e. The van der Waals surface area contributed by atoms with Crippen LogP contribution in [0.25, 0.3) is 11.0 Å². The Morgan fingerprint density at radius 3 is 2.25 bits per heavy atom. The molecule has 0 aliphatic carbocycles. The Hall–Kier alpha value is -4.50. The van der Waals surface area contributed by atoms with Crippen molar-refractivity contribution < 1.29 is 24.7 Å². The summed E-state index contributed by atoms with van der Waals surface area (Å²) in [5.41, 5.74) is 4.69. The number of nitrogens with zero attached hydrogens (tertiary/aromatic N) is 4. The summed E-state index contributed by atoms with van der Waals surface area (Å²) >= 11 is 0. The summed E-state index contributed by atoms with van der Waals surface area (Å²) in [6, 6.07) is 19.2. The van der Waals surface area contributed by atoms with Gasteiger partial charge >= 0.3 is 5.97 Å². The number of carbonyl (C=O) groups is 3. The molecule has 9 heteroatoms. The second-order valence-electron chi connectivity index (χ2n) is 10.0. The van der Waals surface area contributed by atoms with Crippen LogP contribution in [-0.2, 0) is 24.2 Å². The lowest BCUT2D eigenvalue weighted by Crippen LogP contribution is -2.52. The lowest BCUT2D eigenvalue weighted by molar-refractivity contribution is -0.228. The molecule has 0 fully saturated rings. The van der Waals surface area contributed by atoms with Crippen molar-refractivity contribution in [3.63, 3.8) is 0 Å². The van der Waals surface area contributed by atoms with Crippen LogP contribution in [0.3, 0.4) is 0 Å². The van der Waals surface area contributed by atoms with Gasteiger partial charge in [-0.1, -0.05) is 49.4 Å². The van der Waals surface area contributed by atoms with Gasteiger partial charge in [0.15, 0.2) is 0 Å². The molecule has 1 heterocycles. The summed E-state index contributed by atoms with van der Waals surface area (Å²) < 4.78 is 2.04. The minimum Gasteiger partial charge on any atom is -0.478 e. The topological polar surface area (TPSA) is 116 Å². The Morgan fingerprint density at radius 2 is 1.65 bits per heavy atom. The number of aromatic nitrogens is 2. The number of imidazole rings is 1. The normalized spacial score (nSPS) is 11.8. The van der Waals surface area contributed by atoms with Gasteiger partial charge < -0.3 is 9.67 Å². The van der Waals surface area contributed by atoms with Gasteiger partial charge in [0.05, 0.1) is 22.6 Å². The number of hydroxylamine groups is 1. The molecule has 0 bridgehead atoms. The zero-order valence-electron chi connectivity index (χ0n) is 23.2. The van der Waals surface area contributed by atoms with Gasteiger partial charge in [-0.3, -0.25) is 14.8 Å². The number of hydrazine groups is 1. The fraction of sp³-hybridized carbons (Fsp3) is 0.290. The number of rotatable bonds is 9. The van der Waals surface area contributed by atoms with Gasteiger partial charge in [-0.15, -0.1) is 5.17 Å². The number of amides is 2. The summed E-state index contributed by atoms with van der Waals surface area (Å²) in [5, 5.41) is 21.4. The average molecular weight is 543 g/mol. The summed E-state index contributed by atoms with van der Waals surface area (Å²) in [6.07, 6.45) is 2.03. The van der Waals surface area contributed by atoms with Gasteiger partial charge in [0.2, 0.25) is 0 Å². The second-order valence-corrected chi connectivity index (χ2v) is 10.0. The molecule has 1 aromatic heterocycles. The van der Waals surface area contributed by atoms with Gasteiger partial charge in [-0.2, -0.15) is 0 Å². The molecule has 0 aliphatic heterocycles. The van der Waals surface area contributed by atoms with Crippen LogP contribution in [-0.4, -0.2) is 53.9 Å². The lowest BCUT2D eigenvalue weighted by Gasteiger charge is -2.34. The first-order valence-corrected chi connectivity index (χ1v) is 13.3. The van der Waals surface area contributed by atoms with Gasteiger partial charge in [0, 0.05) is 25.5 Å². The number of benzene rings is 3. The Balaban J connectivity index is 1.76. The first-order valence-electron chi connectivity index (χ1n) is 13.3. The fourth-order valence-electron chi connectivity index (χ4n) is 4.89. The predicted molar refractivity (Wildman–Crippen MR) is 151 cm³/mol. The Bertz CT molecular complexity index is 1530. The minimum absolute atomic E-state index is 0.209. The molecule has 0 aliphatic rings. The molecule has 4 rings (SSSR count). The van der Waals surface area contributed by atoms with Gasteiger partial charge in [-0.25, -0.2) is 14.8 Å². The zero-order chi connectivity index (χ0) is 29.0. The van der Waals surface area contributed by atoms with E-state index in [9.17, 15) is 24.7 Å². The van der Waals surface area contributed by atoms with Crippen molar-refractivity contribution in [2.45, 2.75) is 59.5 Å². The highest BCUT2D eigenvalue weighted by Crippen LogP contribution is 2.26. The average Bonchev–Trinajstić information content (AvgIpc) is 3.27. The maximum Gasteiger partial charge on any atom is 0.335 e. The van der Waals surface area contributed by atoms with Crippen LogP contribution in [0.5, 0.6) is 0 Å². The maximum absolute atomic E-state index is 13.9. The van der Waals surface area contributed by atoms with Crippen molar-refractivity contribution in [2.24, 2.45) is 0 Å². The largest absolute Gasteiger partial charge is 0.478 e. The molecule has 1 atom stereocenters. The van der Waals surface area contributed by atoms with E-state index < -0.39 is 23.8 Å². The molecule has 2 amide bonds. The molecule has 0 spiro atoms. The van der Waals surface area contributed by atoms with E-state index in [0.717, 1.165) is 51.4 Å². The van der Waals surface area contributed by atoms with Crippen LogP contribution in [0.4, 0.5) is 0 Å². The molecular formula is C31H34N4O5. The molecule has 2 N–H and O–H groups in total. The first-order chi connectivity index (χ1) is 19.1. The van der Waals surface area contributed by atoms with Crippen molar-refractivity contribution in [3.8, 4) is 0 Å². The van der Waals surface area contributed by atoms with Crippen LogP contribution >= 0.6 is 0 Å². The third-order valence-electron chi connectivity index (χ3n) is 6.87. The number of carboxylic acid groups (broad SMARTS) is 1. The van der Waals surface area contributed by atoms with Gasteiger partial charge in [-0.05, 0) is 67.6 Å². The van der Waals surface area contributed by atoms with Crippen LogP contribution in [0.15, 0.2) is 66.7 Å². The van der Waals surface area contributed by atoms with Crippen LogP contribution in [0.1, 0.15) is 70.4 Å². The van der Waals surface area contributed by atoms with Crippen molar-refractivity contribution in [2.75, 3.05) is 0 Å². The zero-order valence-corrected chi connectivity index (χ0v) is 23.2. The van der Waals surface area contributed by atoms with E-state index in [4.69, 9.17) is 4.98 Å². The quantitative estimate of drug-likeness (QED) is 0.220. The molecule has 208 valence electrons. The highest BCUT2D eigenvalue weighted by Gasteiger charge is 2.30. The number of aryl methyl sites for hydroxylation is 2. The van der Waals surface area contributed by atoms with Crippen molar-refractivity contribution in [1.82, 2.24) is 19.7 Å². The third kappa shape index (κ3) is 6.05. The van der Waals surface area contributed by atoms with Crippen molar-refractivity contribution >= 4 is 28.8 Å². The number of carboxylic acids is 1. The fourth-order valence-corrected chi connectivity index (χ4v) is 4.89. The number of carbonyl (C=O) groups excluding carboxylic acids is 2. The van der Waals surface area contributed by atoms with E-state index in [-0.39, 0.29) is 5.56 Å². The molecule has 0 saturated heterocycles. The maximum atomic E-state index is 13.9. The van der Waals surface area contributed by atoms with Crippen LogP contribution < -0.4 is 0 Å². The van der Waals surface area contributed by atoms with Crippen LogP contribution in [0.2, 0.25) is 0 Å². The lowest BCUT2D eigenvalue weighted by atomic mass is 10.0. The minimum atomic E-state index is -0.986. The standard InChI is InChI=1S/C31H34N4O5/c1-5-9-28-32-29-20(2)16-26(18-27(29)33(28)19-24-12-14-25(15-13-24)31(38)39)30(37)34(35(40)22(4)36)21(3)17-23-10-7-6-8-11-23/h6-8,10-16,18,21,40H,5,9,17,19H2,1-4H3,(H,38,39). The molecule has 4 aromatic rings. The first kappa shape index (κ1) is 28.5. The Kier molecular flexibility index (Phi) is 8.64. The summed E-state index contributed by atoms with van der Waals surface area (Å²) in [7, 11) is 0. The molecule has 3 aromatic carbocycles. The highest BCUT2D eigenvalue weighted by atomic mass is 16.6. The van der Waals surface area contributed by atoms with E-state index in [0.29, 0.717) is 23.7 Å². The number of hydrogen-bond acceptors (Lipinski definition) is 5. The number of aromatic carboxylic acids is 1. The SMILES string of the molecule is CCCc1nc2c(C)cc(C(=O)N(C(C)Cc3ccccc3)N(O)C(C)=O)cc2n1Cc1ccc(C(=O)O)cc1. The highest BCUT2D eigenvalue weighted by molar-refractivity contribution is 5.99. The van der Waals surface area contributed by atoms with E-state index >= 15 is 0 Å². The van der Waals surface area contributed by atoms with E-state index in [1.165, 1.54) is 6.92 Å². The van der Waals surface area contributed by atoms with Gasteiger partial charge in [0.1, 0.15) is 5.82 Å². The number of fused-ring (bicyclic) bond motifs is 1. The van der Waals surface area contributed by atoms with E-state index in [2.05, 4.69) is 6.92 Å². The molecular weight excluding hydrogens is 508 g/mol. The second kappa shape index (κ2) is 12.1. The number of hydrogen-bond donors (Lipinski definition) is 2. The summed E-state index contributed by atoms with van der Waals surface area (Å²) in [6.45, 7) is 7.37. The molecule has 9 nitrogen and oxygen atoms in total. The molecule has 0 radical (unpaired) electrons. The summed E-state index contributed by atoms with van der Waals surface area (Å²) in [4.78, 5) is 42.3. The Labute approximate surface area is 233 Å². The summed E-state index contributed by atoms with van der Waals surface area (Å²) in [5.74, 6) is -1.32. The van der Waals surface area contributed by atoms with Gasteiger partial charge in [0.25, 0.3) is 11.8 Å². The van der Waals surface area contributed by atoms with Crippen molar-refractivity contribution in [1.29, 1.82) is 0 Å². The van der Waals surface area contributed by atoms with E-state index in [1.807, 2.05) is 41.8 Å². The molecule has 0 saturated carbocycles. The third-order valence-corrected chi connectivity index (χ3v) is 6.87. The predicted octanol–water partition coefficient (Wildman–Crippen LogP) is 5.27. The van der Waals surface area contributed by atoms with E-state index in [1.54, 1.807) is 43.3 Å². The molecule has 1 unspecified atom stereocenters. The molecule has 40 heavy (non-hydrogen) atoms.